The smallest absolute Gasteiger partial charge is 0.159 e. The molecule has 0 aliphatic rings. The van der Waals surface area contributed by atoms with Gasteiger partial charge in [0, 0.05) is 12.4 Å². The van der Waals surface area contributed by atoms with Crippen LogP contribution >= 0.6 is 0 Å². The van der Waals surface area contributed by atoms with Gasteiger partial charge in [-0.15, -0.1) is 0 Å². The molecule has 1 heterocycles. The van der Waals surface area contributed by atoms with Crippen LogP contribution < -0.4 is 0 Å². The third kappa shape index (κ3) is 1.53. The topological polar surface area (TPSA) is 17.8 Å². The Labute approximate surface area is 69.4 Å². The highest BCUT2D eigenvalue weighted by Gasteiger charge is 2.24. The summed E-state index contributed by atoms with van der Waals surface area (Å²) < 4.78 is 2.33. The van der Waals surface area contributed by atoms with E-state index in [1.54, 1.807) is 0 Å². The van der Waals surface area contributed by atoms with Gasteiger partial charge in [-0.1, -0.05) is 20.4 Å². The van der Waals surface area contributed by atoms with Gasteiger partial charge in [0.1, 0.15) is 0 Å². The molecule has 0 atom stereocenters. The van der Waals surface area contributed by atoms with Gasteiger partial charge < -0.3 is 4.23 Å². The Balaban J connectivity index is 2.87. The zero-order valence-electron chi connectivity index (χ0n) is 7.54. The molecule has 0 radical (unpaired) electrons. The first-order valence-electron chi connectivity index (χ1n) is 4.21. The Morgan fingerprint density at radius 2 is 2.00 bits per heavy atom. The van der Waals surface area contributed by atoms with Crippen LogP contribution in [0.2, 0.25) is 18.6 Å². The van der Waals surface area contributed by atoms with E-state index in [2.05, 4.69) is 35.8 Å². The van der Waals surface area contributed by atoms with Gasteiger partial charge in [0.25, 0.3) is 0 Å². The maximum atomic E-state index is 4.08. The summed E-state index contributed by atoms with van der Waals surface area (Å²) in [6, 6.07) is 2.58. The predicted molar refractivity (Wildman–Crippen MR) is 50.2 cm³/mol. The number of hydrogen-bond acceptors (Lipinski definition) is 1. The molecule has 2 nitrogen and oxygen atoms in total. The van der Waals surface area contributed by atoms with E-state index in [4.69, 9.17) is 0 Å². The summed E-state index contributed by atoms with van der Waals surface area (Å²) in [5, 5.41) is 0. The monoisotopic (exact) mass is 168 g/mol. The molecule has 0 aromatic carbocycles. The summed E-state index contributed by atoms with van der Waals surface area (Å²) in [6.07, 6.45) is 5.93. The lowest BCUT2D eigenvalue weighted by atomic mass is 10.9. The van der Waals surface area contributed by atoms with E-state index in [-0.39, 0.29) is 0 Å². The maximum absolute atomic E-state index is 4.08. The fourth-order valence-corrected chi connectivity index (χ4v) is 3.20. The molecule has 0 saturated heterocycles. The van der Waals surface area contributed by atoms with E-state index < -0.39 is 8.24 Å². The van der Waals surface area contributed by atoms with Crippen molar-refractivity contribution in [3.05, 3.63) is 18.7 Å². The largest absolute Gasteiger partial charge is 0.365 e. The van der Waals surface area contributed by atoms with Crippen molar-refractivity contribution in [2.45, 2.75) is 32.5 Å². The summed E-state index contributed by atoms with van der Waals surface area (Å²) in [6.45, 7) is 6.94. The molecule has 3 heteroatoms. The third-order valence-electron chi connectivity index (χ3n) is 2.65. The second-order valence-electron chi connectivity index (χ2n) is 3.17. The first-order chi connectivity index (χ1) is 5.23. The highest BCUT2D eigenvalue weighted by molar-refractivity contribution is 6.76. The van der Waals surface area contributed by atoms with Crippen LogP contribution in [0.25, 0.3) is 0 Å². The number of hydrogen-bond donors (Lipinski definition) is 0. The molecule has 0 spiro atoms. The van der Waals surface area contributed by atoms with Crippen molar-refractivity contribution in [3.8, 4) is 0 Å². The molecule has 0 unspecified atom stereocenters. The minimum atomic E-state index is -1.17. The van der Waals surface area contributed by atoms with Crippen LogP contribution in [-0.2, 0) is 0 Å². The van der Waals surface area contributed by atoms with Crippen molar-refractivity contribution < 1.29 is 0 Å². The summed E-state index contributed by atoms with van der Waals surface area (Å²) in [5.41, 5.74) is 0. The SMILES string of the molecule is CC[Si](C)(CC)n1ccnc1. The highest BCUT2D eigenvalue weighted by Crippen LogP contribution is 2.16. The zero-order chi connectivity index (χ0) is 8.32. The summed E-state index contributed by atoms with van der Waals surface area (Å²) >= 11 is 0. The second-order valence-corrected chi connectivity index (χ2v) is 8.10. The molecular formula is C8H16N2Si. The summed E-state index contributed by atoms with van der Waals surface area (Å²) in [7, 11) is -1.17. The fourth-order valence-electron chi connectivity index (χ4n) is 1.19. The van der Waals surface area contributed by atoms with E-state index in [0.29, 0.717) is 0 Å². The lowest BCUT2D eigenvalue weighted by molar-refractivity contribution is 1.04. The van der Waals surface area contributed by atoms with E-state index in [1.165, 1.54) is 12.1 Å². The van der Waals surface area contributed by atoms with Crippen LogP contribution in [0.4, 0.5) is 0 Å². The molecule has 1 aromatic heterocycles. The lowest BCUT2D eigenvalue weighted by Crippen LogP contribution is -2.37. The number of imidazole rings is 1. The van der Waals surface area contributed by atoms with E-state index in [9.17, 15) is 0 Å². The van der Waals surface area contributed by atoms with Crippen molar-refractivity contribution in [1.29, 1.82) is 0 Å². The Hall–Kier alpha value is -0.573. The van der Waals surface area contributed by atoms with Crippen LogP contribution in [0, 0.1) is 0 Å². The van der Waals surface area contributed by atoms with Gasteiger partial charge in [-0.3, -0.25) is 0 Å². The summed E-state index contributed by atoms with van der Waals surface area (Å²) in [5.74, 6) is 0. The van der Waals surface area contributed by atoms with Crippen LogP contribution in [-0.4, -0.2) is 17.5 Å². The number of aromatic nitrogens is 2. The molecule has 1 aromatic rings. The molecular weight excluding hydrogens is 152 g/mol. The molecule has 62 valence electrons. The van der Waals surface area contributed by atoms with Gasteiger partial charge >= 0.3 is 0 Å². The lowest BCUT2D eigenvalue weighted by Gasteiger charge is -2.25. The van der Waals surface area contributed by atoms with E-state index in [1.807, 2.05) is 12.5 Å². The predicted octanol–water partition coefficient (Wildman–Crippen LogP) is 2.35. The quantitative estimate of drug-likeness (QED) is 0.633. The third-order valence-corrected chi connectivity index (χ3v) is 7.21. The van der Waals surface area contributed by atoms with Gasteiger partial charge in [0.2, 0.25) is 0 Å². The molecule has 0 amide bonds. The average molecular weight is 168 g/mol. The Morgan fingerprint density at radius 1 is 1.36 bits per heavy atom. The van der Waals surface area contributed by atoms with E-state index in [0.717, 1.165) is 0 Å². The van der Waals surface area contributed by atoms with Gasteiger partial charge in [-0.05, 0) is 12.1 Å². The zero-order valence-corrected chi connectivity index (χ0v) is 8.54. The van der Waals surface area contributed by atoms with Crippen molar-refractivity contribution in [2.24, 2.45) is 0 Å². The number of rotatable bonds is 3. The molecule has 0 aliphatic heterocycles. The molecule has 0 saturated carbocycles. The molecule has 11 heavy (non-hydrogen) atoms. The second kappa shape index (κ2) is 3.22. The Morgan fingerprint density at radius 3 is 2.36 bits per heavy atom. The van der Waals surface area contributed by atoms with Crippen molar-refractivity contribution in [1.82, 2.24) is 9.22 Å². The molecule has 0 aliphatic carbocycles. The van der Waals surface area contributed by atoms with Crippen molar-refractivity contribution >= 4 is 8.24 Å². The minimum absolute atomic E-state index is 1.17. The average Bonchev–Trinajstić information content (AvgIpc) is 2.55. The number of nitrogens with zero attached hydrogens (tertiary/aromatic N) is 2. The maximum Gasteiger partial charge on any atom is 0.159 e. The molecule has 1 rings (SSSR count). The van der Waals surface area contributed by atoms with Gasteiger partial charge in [-0.2, -0.15) is 0 Å². The molecule has 0 fully saturated rings. The molecule has 0 bridgehead atoms. The standard InChI is InChI=1S/C8H16N2Si/c1-4-11(3,5-2)10-7-6-9-8-10/h6-8H,4-5H2,1-3H3. The first-order valence-corrected chi connectivity index (χ1v) is 7.07. The molecule has 0 N–H and O–H groups in total. The van der Waals surface area contributed by atoms with Crippen molar-refractivity contribution in [2.75, 3.05) is 0 Å². The van der Waals surface area contributed by atoms with Crippen LogP contribution in [0.15, 0.2) is 18.7 Å². The highest BCUT2D eigenvalue weighted by atomic mass is 28.3. The van der Waals surface area contributed by atoms with Crippen molar-refractivity contribution in [3.63, 3.8) is 0 Å². The van der Waals surface area contributed by atoms with Gasteiger partial charge in [-0.25, -0.2) is 4.98 Å². The van der Waals surface area contributed by atoms with E-state index >= 15 is 0 Å². The van der Waals surface area contributed by atoms with Crippen LogP contribution in [0.1, 0.15) is 13.8 Å². The first kappa shape index (κ1) is 8.52. The van der Waals surface area contributed by atoms with Gasteiger partial charge in [0.15, 0.2) is 8.24 Å². The van der Waals surface area contributed by atoms with Gasteiger partial charge in [0.05, 0.1) is 6.33 Å². The Kier molecular flexibility index (Phi) is 2.49. The van der Waals surface area contributed by atoms with Crippen LogP contribution in [0.5, 0.6) is 0 Å². The normalized spacial score (nSPS) is 11.9. The fraction of sp³-hybridized carbons (Fsp3) is 0.625. The summed E-state index contributed by atoms with van der Waals surface area (Å²) in [4.78, 5) is 4.08. The minimum Gasteiger partial charge on any atom is -0.365 e. The van der Waals surface area contributed by atoms with Crippen LogP contribution in [0.3, 0.4) is 0 Å². The Bertz CT molecular complexity index is 202.